The molecule has 2 aromatic rings. The van der Waals surface area contributed by atoms with E-state index in [-0.39, 0.29) is 17.0 Å². The second-order valence-electron chi connectivity index (χ2n) is 6.11. The van der Waals surface area contributed by atoms with Crippen molar-refractivity contribution in [1.82, 2.24) is 0 Å². The van der Waals surface area contributed by atoms with Crippen molar-refractivity contribution in [3.8, 4) is 6.07 Å². The topological polar surface area (TPSA) is 61.2 Å². The number of carbonyl (C=O) groups excluding carboxylic acids is 2. The fraction of sp³-hybridized carbons (Fsp3) is 0.286. The fourth-order valence-electron chi connectivity index (χ4n) is 3.44. The molecule has 0 fully saturated rings. The number of fused-ring (bicyclic) bond motifs is 1. The van der Waals surface area contributed by atoms with Crippen molar-refractivity contribution in [2.75, 3.05) is 4.90 Å². The molecule has 126 valence electrons. The molecule has 2 aromatic carbocycles. The standard InChI is InChI=1S/C21H20N2O2/c1-4-13-10-14(5-2)19(15(6-3)11-13)23-20(24)17-9-7-8-16(12-22)18(17)21(23)25/h7-11H,4-6H2,1-3H3. The molecule has 0 radical (unpaired) electrons. The maximum Gasteiger partial charge on any atom is 0.267 e. The van der Waals surface area contributed by atoms with Crippen molar-refractivity contribution in [2.24, 2.45) is 0 Å². The highest BCUT2D eigenvalue weighted by atomic mass is 16.2. The lowest BCUT2D eigenvalue weighted by Crippen LogP contribution is -2.31. The molecule has 0 spiro atoms. The van der Waals surface area contributed by atoms with Crippen LogP contribution in [0.25, 0.3) is 0 Å². The molecule has 0 saturated heterocycles. The predicted molar refractivity (Wildman–Crippen MR) is 96.9 cm³/mol. The van der Waals surface area contributed by atoms with Gasteiger partial charge in [-0.1, -0.05) is 39.0 Å². The second-order valence-corrected chi connectivity index (χ2v) is 6.11. The summed E-state index contributed by atoms with van der Waals surface area (Å²) in [6, 6.07) is 11.0. The Morgan fingerprint density at radius 2 is 1.60 bits per heavy atom. The zero-order chi connectivity index (χ0) is 18.1. The first kappa shape index (κ1) is 16.9. The number of nitriles is 1. The van der Waals surface area contributed by atoms with Crippen molar-refractivity contribution >= 4 is 17.5 Å². The van der Waals surface area contributed by atoms with Crippen LogP contribution in [-0.2, 0) is 19.3 Å². The molecule has 4 heteroatoms. The summed E-state index contributed by atoms with van der Waals surface area (Å²) < 4.78 is 0. The van der Waals surface area contributed by atoms with Crippen molar-refractivity contribution in [2.45, 2.75) is 40.0 Å². The van der Waals surface area contributed by atoms with Crippen LogP contribution in [0.4, 0.5) is 5.69 Å². The highest BCUT2D eigenvalue weighted by molar-refractivity contribution is 6.35. The Kier molecular flexibility index (Phi) is 4.41. The molecule has 4 nitrogen and oxygen atoms in total. The monoisotopic (exact) mass is 332 g/mol. The zero-order valence-electron chi connectivity index (χ0n) is 14.7. The summed E-state index contributed by atoms with van der Waals surface area (Å²) in [6.07, 6.45) is 2.37. The molecule has 1 aliphatic heterocycles. The minimum Gasteiger partial charge on any atom is -0.268 e. The third-order valence-corrected chi connectivity index (χ3v) is 4.76. The molecule has 0 saturated carbocycles. The number of anilines is 1. The normalized spacial score (nSPS) is 13.1. The summed E-state index contributed by atoms with van der Waals surface area (Å²) in [5.41, 5.74) is 4.66. The van der Waals surface area contributed by atoms with E-state index in [9.17, 15) is 14.9 Å². The van der Waals surface area contributed by atoms with Gasteiger partial charge in [-0.2, -0.15) is 5.26 Å². The maximum absolute atomic E-state index is 13.0. The van der Waals surface area contributed by atoms with Crippen LogP contribution in [0.5, 0.6) is 0 Å². The van der Waals surface area contributed by atoms with Crippen molar-refractivity contribution < 1.29 is 9.59 Å². The third-order valence-electron chi connectivity index (χ3n) is 4.76. The van der Waals surface area contributed by atoms with Crippen LogP contribution in [-0.4, -0.2) is 11.8 Å². The van der Waals surface area contributed by atoms with Crippen LogP contribution >= 0.6 is 0 Å². The number of amides is 2. The third kappa shape index (κ3) is 2.53. The first-order valence-electron chi connectivity index (χ1n) is 8.63. The average Bonchev–Trinajstić information content (AvgIpc) is 2.91. The van der Waals surface area contributed by atoms with E-state index in [4.69, 9.17) is 0 Å². The number of carbonyl (C=O) groups is 2. The van der Waals surface area contributed by atoms with E-state index in [1.807, 2.05) is 19.9 Å². The van der Waals surface area contributed by atoms with Crippen molar-refractivity contribution in [3.63, 3.8) is 0 Å². The van der Waals surface area contributed by atoms with Gasteiger partial charge in [-0.3, -0.25) is 9.59 Å². The molecule has 0 bridgehead atoms. The molecule has 2 amide bonds. The molecule has 25 heavy (non-hydrogen) atoms. The Morgan fingerprint density at radius 3 is 2.12 bits per heavy atom. The first-order valence-corrected chi connectivity index (χ1v) is 8.63. The van der Waals surface area contributed by atoms with E-state index in [0.29, 0.717) is 11.3 Å². The number of hydrogen-bond donors (Lipinski definition) is 0. The predicted octanol–water partition coefficient (Wildman–Crippen LogP) is 4.05. The molecule has 0 N–H and O–H groups in total. The Morgan fingerprint density at radius 1 is 0.960 bits per heavy atom. The molecular weight excluding hydrogens is 312 g/mol. The van der Waals surface area contributed by atoms with Gasteiger partial charge in [0.15, 0.2) is 0 Å². The van der Waals surface area contributed by atoms with Crippen LogP contribution in [0, 0.1) is 11.3 Å². The van der Waals surface area contributed by atoms with Gasteiger partial charge >= 0.3 is 0 Å². The fourth-order valence-corrected chi connectivity index (χ4v) is 3.44. The Bertz CT molecular complexity index is 897. The number of aryl methyl sites for hydroxylation is 3. The van der Waals surface area contributed by atoms with Gasteiger partial charge in [-0.25, -0.2) is 4.90 Å². The molecule has 0 unspecified atom stereocenters. The quantitative estimate of drug-likeness (QED) is 0.794. The van der Waals surface area contributed by atoms with Crippen molar-refractivity contribution in [1.29, 1.82) is 5.26 Å². The Balaban J connectivity index is 2.24. The van der Waals surface area contributed by atoms with Crippen LogP contribution in [0.15, 0.2) is 30.3 Å². The van der Waals surface area contributed by atoms with Crippen LogP contribution in [0.2, 0.25) is 0 Å². The highest BCUT2D eigenvalue weighted by Crippen LogP contribution is 2.36. The Labute approximate surface area is 147 Å². The van der Waals surface area contributed by atoms with Crippen molar-refractivity contribution in [3.05, 3.63) is 63.7 Å². The Hall–Kier alpha value is -2.93. The van der Waals surface area contributed by atoms with Gasteiger partial charge < -0.3 is 0 Å². The van der Waals surface area contributed by atoms with E-state index in [0.717, 1.165) is 30.4 Å². The number of imide groups is 1. The maximum atomic E-state index is 13.0. The van der Waals surface area contributed by atoms with E-state index >= 15 is 0 Å². The van der Waals surface area contributed by atoms with E-state index in [2.05, 4.69) is 19.1 Å². The molecule has 1 heterocycles. The van der Waals surface area contributed by atoms with Crippen LogP contribution < -0.4 is 4.90 Å². The molecule has 0 atom stereocenters. The summed E-state index contributed by atoms with van der Waals surface area (Å²) in [6.45, 7) is 6.14. The summed E-state index contributed by atoms with van der Waals surface area (Å²) >= 11 is 0. The van der Waals surface area contributed by atoms with Gasteiger partial charge in [0, 0.05) is 0 Å². The molecule has 0 aliphatic carbocycles. The van der Waals surface area contributed by atoms with Gasteiger partial charge in [-0.05, 0) is 48.1 Å². The summed E-state index contributed by atoms with van der Waals surface area (Å²) in [4.78, 5) is 27.3. The molecule has 3 rings (SSSR count). The van der Waals surface area contributed by atoms with E-state index in [1.165, 1.54) is 10.5 Å². The van der Waals surface area contributed by atoms with Gasteiger partial charge in [0.25, 0.3) is 11.8 Å². The molecular formula is C21H20N2O2. The van der Waals surface area contributed by atoms with Gasteiger partial charge in [0.1, 0.15) is 0 Å². The smallest absolute Gasteiger partial charge is 0.267 e. The lowest BCUT2D eigenvalue weighted by molar-refractivity contribution is 0.0925. The lowest BCUT2D eigenvalue weighted by atomic mass is 9.97. The minimum absolute atomic E-state index is 0.221. The molecule has 1 aliphatic rings. The van der Waals surface area contributed by atoms with Gasteiger partial charge in [-0.15, -0.1) is 0 Å². The summed E-state index contributed by atoms with van der Waals surface area (Å²) in [5.74, 6) is -0.739. The number of nitrogens with zero attached hydrogens (tertiary/aromatic N) is 2. The first-order chi connectivity index (χ1) is 12.1. The largest absolute Gasteiger partial charge is 0.268 e. The molecule has 0 aromatic heterocycles. The summed E-state index contributed by atoms with van der Waals surface area (Å²) in [5, 5.41) is 9.30. The zero-order valence-corrected chi connectivity index (χ0v) is 14.7. The summed E-state index contributed by atoms with van der Waals surface area (Å²) in [7, 11) is 0. The second kappa shape index (κ2) is 6.52. The van der Waals surface area contributed by atoms with Crippen LogP contribution in [0.1, 0.15) is 63.7 Å². The highest BCUT2D eigenvalue weighted by Gasteiger charge is 2.40. The minimum atomic E-state index is -0.397. The van der Waals surface area contributed by atoms with Gasteiger partial charge in [0.05, 0.1) is 28.4 Å². The number of hydrogen-bond acceptors (Lipinski definition) is 3. The SMILES string of the molecule is CCc1cc(CC)c(N2C(=O)c3cccc(C#N)c3C2=O)c(CC)c1. The average molecular weight is 332 g/mol. The van der Waals surface area contributed by atoms with Crippen LogP contribution in [0.3, 0.4) is 0 Å². The lowest BCUT2D eigenvalue weighted by Gasteiger charge is -2.22. The van der Waals surface area contributed by atoms with Gasteiger partial charge in [0.2, 0.25) is 0 Å². The van der Waals surface area contributed by atoms with E-state index in [1.54, 1.807) is 18.2 Å². The number of benzene rings is 2. The van der Waals surface area contributed by atoms with E-state index < -0.39 is 5.91 Å². The number of rotatable bonds is 4.